The Kier molecular flexibility index (Phi) is 5.54. The lowest BCUT2D eigenvalue weighted by atomic mass is 9.69. The largest absolute Gasteiger partial charge is 0.416 e. The van der Waals surface area contributed by atoms with Crippen molar-refractivity contribution in [3.63, 3.8) is 0 Å². The van der Waals surface area contributed by atoms with Crippen molar-refractivity contribution >= 4 is 0 Å². The standard InChI is InChI=1S/C18H26F3N/c1-4-14-7-6-13(11-22-3)9-17(14)16-10-15(18(19,20)21)8-5-12(16)2/h5,8,10,13-14,17,22H,4,6-7,9,11H2,1-3H3. The van der Waals surface area contributed by atoms with Gasteiger partial charge in [0, 0.05) is 0 Å². The van der Waals surface area contributed by atoms with Crippen LogP contribution in [0.4, 0.5) is 13.2 Å². The minimum absolute atomic E-state index is 0.249. The van der Waals surface area contributed by atoms with E-state index in [1.54, 1.807) is 6.07 Å². The highest BCUT2D eigenvalue weighted by atomic mass is 19.4. The molecule has 1 aromatic carbocycles. The average molecular weight is 313 g/mol. The van der Waals surface area contributed by atoms with Crippen molar-refractivity contribution in [1.82, 2.24) is 5.32 Å². The van der Waals surface area contributed by atoms with Crippen LogP contribution in [0.5, 0.6) is 0 Å². The van der Waals surface area contributed by atoms with Crippen LogP contribution in [0.3, 0.4) is 0 Å². The molecule has 2 rings (SSSR count). The molecule has 3 atom stereocenters. The number of alkyl halides is 3. The highest BCUT2D eigenvalue weighted by Gasteiger charge is 2.34. The van der Waals surface area contributed by atoms with Gasteiger partial charge in [0.25, 0.3) is 0 Å². The number of hydrogen-bond donors (Lipinski definition) is 1. The van der Waals surface area contributed by atoms with E-state index in [2.05, 4.69) is 12.2 Å². The zero-order valence-corrected chi connectivity index (χ0v) is 13.6. The maximum Gasteiger partial charge on any atom is 0.416 e. The van der Waals surface area contributed by atoms with Crippen molar-refractivity contribution in [2.75, 3.05) is 13.6 Å². The summed E-state index contributed by atoms with van der Waals surface area (Å²) in [4.78, 5) is 0. The maximum absolute atomic E-state index is 13.0. The predicted molar refractivity (Wildman–Crippen MR) is 84.0 cm³/mol. The van der Waals surface area contributed by atoms with Gasteiger partial charge in [0.15, 0.2) is 0 Å². The quantitative estimate of drug-likeness (QED) is 0.811. The lowest BCUT2D eigenvalue weighted by Gasteiger charge is -2.37. The Morgan fingerprint density at radius 1 is 1.23 bits per heavy atom. The minimum Gasteiger partial charge on any atom is -0.319 e. The molecule has 0 bridgehead atoms. The fourth-order valence-corrected chi connectivity index (χ4v) is 3.88. The summed E-state index contributed by atoms with van der Waals surface area (Å²) in [5, 5.41) is 3.21. The van der Waals surface area contributed by atoms with Gasteiger partial charge in [-0.25, -0.2) is 0 Å². The number of halogens is 3. The number of rotatable bonds is 4. The SMILES string of the molecule is CCC1CCC(CNC)CC1c1cc(C(F)(F)F)ccc1C. The second-order valence-electron chi connectivity index (χ2n) is 6.58. The molecular weight excluding hydrogens is 287 g/mol. The summed E-state index contributed by atoms with van der Waals surface area (Å²) >= 11 is 0. The van der Waals surface area contributed by atoms with E-state index < -0.39 is 11.7 Å². The van der Waals surface area contributed by atoms with Crippen molar-refractivity contribution in [1.29, 1.82) is 0 Å². The van der Waals surface area contributed by atoms with Gasteiger partial charge in [0.05, 0.1) is 5.56 Å². The highest BCUT2D eigenvalue weighted by Crippen LogP contribution is 2.44. The second-order valence-corrected chi connectivity index (χ2v) is 6.58. The van der Waals surface area contributed by atoms with Gasteiger partial charge < -0.3 is 5.32 Å². The molecule has 3 unspecified atom stereocenters. The molecule has 1 N–H and O–H groups in total. The Balaban J connectivity index is 2.33. The predicted octanol–water partition coefficient (Wildman–Crippen LogP) is 5.14. The van der Waals surface area contributed by atoms with Crippen LogP contribution in [0, 0.1) is 18.8 Å². The molecule has 1 fully saturated rings. The molecule has 4 heteroatoms. The van der Waals surface area contributed by atoms with E-state index in [-0.39, 0.29) is 5.92 Å². The zero-order chi connectivity index (χ0) is 16.3. The lowest BCUT2D eigenvalue weighted by molar-refractivity contribution is -0.137. The minimum atomic E-state index is -4.26. The first kappa shape index (κ1) is 17.3. The third kappa shape index (κ3) is 3.83. The summed E-state index contributed by atoms with van der Waals surface area (Å²) in [7, 11) is 1.94. The van der Waals surface area contributed by atoms with Crippen LogP contribution >= 0.6 is 0 Å². The van der Waals surface area contributed by atoms with Crippen LogP contribution in [0.25, 0.3) is 0 Å². The summed E-state index contributed by atoms with van der Waals surface area (Å²) in [6.45, 7) is 5.04. The molecule has 0 amide bonds. The average Bonchev–Trinajstić information content (AvgIpc) is 2.47. The first-order chi connectivity index (χ1) is 10.4. The van der Waals surface area contributed by atoms with Crippen LogP contribution in [0.1, 0.15) is 55.2 Å². The third-order valence-corrected chi connectivity index (χ3v) is 5.13. The Morgan fingerprint density at radius 2 is 1.95 bits per heavy atom. The Hall–Kier alpha value is -1.03. The summed E-state index contributed by atoms with van der Waals surface area (Å²) in [5.41, 5.74) is 1.38. The monoisotopic (exact) mass is 313 g/mol. The highest BCUT2D eigenvalue weighted by molar-refractivity contribution is 5.36. The lowest BCUT2D eigenvalue weighted by Crippen LogP contribution is -2.29. The Labute approximate surface area is 131 Å². The summed E-state index contributed by atoms with van der Waals surface area (Å²) < 4.78 is 39.1. The molecule has 0 saturated heterocycles. The first-order valence-electron chi connectivity index (χ1n) is 8.19. The van der Waals surface area contributed by atoms with Crippen molar-refractivity contribution in [2.24, 2.45) is 11.8 Å². The van der Waals surface area contributed by atoms with E-state index >= 15 is 0 Å². The molecule has 22 heavy (non-hydrogen) atoms. The smallest absolute Gasteiger partial charge is 0.319 e. The summed E-state index contributed by atoms with van der Waals surface area (Å²) in [6, 6.07) is 4.23. The van der Waals surface area contributed by atoms with Gasteiger partial charge in [-0.3, -0.25) is 0 Å². The van der Waals surface area contributed by atoms with Crippen LogP contribution in [-0.2, 0) is 6.18 Å². The normalized spacial score (nSPS) is 26.2. The fourth-order valence-electron chi connectivity index (χ4n) is 3.88. The van der Waals surface area contributed by atoms with E-state index in [4.69, 9.17) is 0 Å². The maximum atomic E-state index is 13.0. The number of aryl methyl sites for hydroxylation is 1. The van der Waals surface area contributed by atoms with E-state index in [0.717, 1.165) is 36.9 Å². The molecule has 1 aromatic rings. The third-order valence-electron chi connectivity index (χ3n) is 5.13. The van der Waals surface area contributed by atoms with Gasteiger partial charge in [-0.2, -0.15) is 13.2 Å². The number of hydrogen-bond acceptors (Lipinski definition) is 1. The van der Waals surface area contributed by atoms with Gasteiger partial charge in [-0.15, -0.1) is 0 Å². The molecule has 124 valence electrons. The van der Waals surface area contributed by atoms with Gasteiger partial charge >= 0.3 is 6.18 Å². The van der Waals surface area contributed by atoms with Crippen LogP contribution in [-0.4, -0.2) is 13.6 Å². The summed E-state index contributed by atoms with van der Waals surface area (Å²) in [5.74, 6) is 1.31. The van der Waals surface area contributed by atoms with Gasteiger partial charge in [0.1, 0.15) is 0 Å². The fraction of sp³-hybridized carbons (Fsp3) is 0.667. The van der Waals surface area contributed by atoms with Gasteiger partial charge in [-0.05, 0) is 80.8 Å². The Morgan fingerprint density at radius 3 is 2.55 bits per heavy atom. The molecule has 0 aliphatic heterocycles. The zero-order valence-electron chi connectivity index (χ0n) is 13.6. The van der Waals surface area contributed by atoms with E-state index in [0.29, 0.717) is 11.8 Å². The van der Waals surface area contributed by atoms with Crippen LogP contribution < -0.4 is 5.32 Å². The van der Waals surface area contributed by atoms with Crippen molar-refractivity contribution in [3.8, 4) is 0 Å². The molecular formula is C18H26F3N. The van der Waals surface area contributed by atoms with E-state index in [9.17, 15) is 13.2 Å². The van der Waals surface area contributed by atoms with Gasteiger partial charge in [0.2, 0.25) is 0 Å². The molecule has 0 aromatic heterocycles. The van der Waals surface area contributed by atoms with Crippen molar-refractivity contribution < 1.29 is 13.2 Å². The summed E-state index contributed by atoms with van der Waals surface area (Å²) in [6.07, 6.45) is 0.0500. The van der Waals surface area contributed by atoms with Crippen molar-refractivity contribution in [3.05, 3.63) is 34.9 Å². The van der Waals surface area contributed by atoms with Crippen LogP contribution in [0.2, 0.25) is 0 Å². The molecule has 1 saturated carbocycles. The molecule has 1 nitrogen and oxygen atoms in total. The first-order valence-corrected chi connectivity index (χ1v) is 8.19. The topological polar surface area (TPSA) is 12.0 Å². The molecule has 1 aliphatic carbocycles. The number of nitrogens with one attached hydrogen (secondary N) is 1. The second kappa shape index (κ2) is 7.03. The number of benzene rings is 1. The molecule has 0 radical (unpaired) electrons. The van der Waals surface area contributed by atoms with E-state index in [1.807, 2.05) is 14.0 Å². The molecule has 0 heterocycles. The molecule has 0 spiro atoms. The van der Waals surface area contributed by atoms with E-state index in [1.165, 1.54) is 18.6 Å². The van der Waals surface area contributed by atoms with Crippen LogP contribution in [0.15, 0.2) is 18.2 Å². The van der Waals surface area contributed by atoms with Crippen molar-refractivity contribution in [2.45, 2.75) is 51.6 Å². The Bertz CT molecular complexity index is 496. The van der Waals surface area contributed by atoms with Gasteiger partial charge in [-0.1, -0.05) is 19.4 Å². The molecule has 1 aliphatic rings.